The van der Waals surface area contributed by atoms with Gasteiger partial charge < -0.3 is 4.90 Å². The highest BCUT2D eigenvalue weighted by molar-refractivity contribution is 5.59. The molecule has 1 saturated heterocycles. The zero-order valence-electron chi connectivity index (χ0n) is 16.5. The molecule has 0 unspecified atom stereocenters. The van der Waals surface area contributed by atoms with Crippen LogP contribution in [0.25, 0.3) is 5.69 Å². The summed E-state index contributed by atoms with van der Waals surface area (Å²) in [6.45, 7) is 8.85. The Bertz CT molecular complexity index is 1010. The topological polar surface area (TPSA) is 48.1 Å². The number of hydrogen-bond donors (Lipinski definition) is 0. The molecule has 0 amide bonds. The second-order valence-electron chi connectivity index (χ2n) is 7.36. The van der Waals surface area contributed by atoms with E-state index >= 15 is 0 Å². The smallest absolute Gasteiger partial charge is 0.101 e. The van der Waals surface area contributed by atoms with Crippen LogP contribution in [-0.2, 0) is 6.54 Å². The summed E-state index contributed by atoms with van der Waals surface area (Å²) in [5.41, 5.74) is 6.45. The fourth-order valence-electron chi connectivity index (χ4n) is 3.96. The van der Waals surface area contributed by atoms with Gasteiger partial charge in [0.25, 0.3) is 0 Å². The molecular weight excluding hydrogens is 346 g/mol. The second-order valence-corrected chi connectivity index (χ2v) is 7.36. The number of anilines is 1. The Balaban J connectivity index is 1.48. The molecule has 0 saturated carbocycles. The second kappa shape index (κ2) is 7.87. The van der Waals surface area contributed by atoms with Gasteiger partial charge in [-0.1, -0.05) is 30.3 Å². The van der Waals surface area contributed by atoms with Crippen molar-refractivity contribution in [2.75, 3.05) is 31.1 Å². The highest BCUT2D eigenvalue weighted by Gasteiger charge is 2.20. The standard InChI is InChI=1S/C23H25N5/c1-18-15-19(2)28(25-18)23-10-6-4-8-21(23)17-26-11-13-27(14-12-26)22-9-5-3-7-20(22)16-24/h3-10,15H,11-14,17H2,1-2H3. The average Bonchev–Trinajstić information content (AvgIpc) is 3.07. The number of nitriles is 1. The Hall–Kier alpha value is -3.10. The molecule has 1 aliphatic heterocycles. The van der Waals surface area contributed by atoms with E-state index in [4.69, 9.17) is 0 Å². The maximum Gasteiger partial charge on any atom is 0.101 e. The Labute approximate surface area is 166 Å². The molecule has 0 aliphatic carbocycles. The van der Waals surface area contributed by atoms with Crippen LogP contribution in [0.15, 0.2) is 54.6 Å². The van der Waals surface area contributed by atoms with Crippen LogP contribution in [0.5, 0.6) is 0 Å². The maximum absolute atomic E-state index is 9.36. The Morgan fingerprint density at radius 1 is 0.929 bits per heavy atom. The lowest BCUT2D eigenvalue weighted by Gasteiger charge is -2.36. The van der Waals surface area contributed by atoms with E-state index in [9.17, 15) is 5.26 Å². The summed E-state index contributed by atoms with van der Waals surface area (Å²) < 4.78 is 2.05. The minimum atomic E-state index is 0.755. The lowest BCUT2D eigenvalue weighted by atomic mass is 10.1. The minimum absolute atomic E-state index is 0.755. The van der Waals surface area contributed by atoms with E-state index in [1.807, 2.05) is 35.9 Å². The van der Waals surface area contributed by atoms with Gasteiger partial charge in [0.05, 0.1) is 22.6 Å². The van der Waals surface area contributed by atoms with Gasteiger partial charge in [0.1, 0.15) is 6.07 Å². The van der Waals surface area contributed by atoms with Gasteiger partial charge in [0.15, 0.2) is 0 Å². The van der Waals surface area contributed by atoms with Crippen molar-refractivity contribution in [3.05, 3.63) is 77.1 Å². The number of piperazine rings is 1. The van der Waals surface area contributed by atoms with Crippen LogP contribution in [0.2, 0.25) is 0 Å². The van der Waals surface area contributed by atoms with Gasteiger partial charge in [0.2, 0.25) is 0 Å². The van der Waals surface area contributed by atoms with Crippen molar-refractivity contribution in [1.82, 2.24) is 14.7 Å². The van der Waals surface area contributed by atoms with Crippen molar-refractivity contribution in [1.29, 1.82) is 5.26 Å². The molecule has 28 heavy (non-hydrogen) atoms. The van der Waals surface area contributed by atoms with Crippen molar-refractivity contribution in [3.8, 4) is 11.8 Å². The number of para-hydroxylation sites is 2. The number of nitrogens with zero attached hydrogens (tertiary/aromatic N) is 5. The molecule has 4 rings (SSSR count). The molecule has 3 aromatic rings. The van der Waals surface area contributed by atoms with Crippen molar-refractivity contribution in [2.24, 2.45) is 0 Å². The number of hydrogen-bond acceptors (Lipinski definition) is 4. The van der Waals surface area contributed by atoms with Gasteiger partial charge in [0, 0.05) is 38.4 Å². The Morgan fingerprint density at radius 3 is 2.29 bits per heavy atom. The molecule has 0 bridgehead atoms. The zero-order chi connectivity index (χ0) is 19.5. The number of rotatable bonds is 4. The van der Waals surface area contributed by atoms with E-state index in [1.54, 1.807) is 0 Å². The van der Waals surface area contributed by atoms with Gasteiger partial charge in [-0.3, -0.25) is 4.90 Å². The van der Waals surface area contributed by atoms with E-state index in [0.29, 0.717) is 0 Å². The predicted molar refractivity (Wildman–Crippen MR) is 112 cm³/mol. The van der Waals surface area contributed by atoms with Crippen LogP contribution in [0.1, 0.15) is 22.5 Å². The molecular formula is C23H25N5. The molecule has 0 N–H and O–H groups in total. The van der Waals surface area contributed by atoms with Crippen LogP contribution in [0.3, 0.4) is 0 Å². The first kappa shape index (κ1) is 18.3. The van der Waals surface area contributed by atoms with Crippen LogP contribution >= 0.6 is 0 Å². The first-order chi connectivity index (χ1) is 13.7. The normalized spacial score (nSPS) is 14.8. The van der Waals surface area contributed by atoms with E-state index < -0.39 is 0 Å². The third-order valence-corrected chi connectivity index (χ3v) is 5.36. The third kappa shape index (κ3) is 3.64. The SMILES string of the molecule is Cc1cc(C)n(-c2ccccc2CN2CCN(c3ccccc3C#N)CC2)n1. The molecule has 0 spiro atoms. The monoisotopic (exact) mass is 371 g/mol. The summed E-state index contributed by atoms with van der Waals surface area (Å²) in [6, 6.07) is 20.8. The summed E-state index contributed by atoms with van der Waals surface area (Å²) in [4.78, 5) is 4.80. The molecule has 0 atom stereocenters. The van der Waals surface area contributed by atoms with Gasteiger partial charge in [-0.05, 0) is 43.7 Å². The van der Waals surface area contributed by atoms with E-state index in [-0.39, 0.29) is 0 Å². The quantitative estimate of drug-likeness (QED) is 0.702. The molecule has 5 nitrogen and oxygen atoms in total. The number of aromatic nitrogens is 2. The van der Waals surface area contributed by atoms with E-state index in [2.05, 4.69) is 58.2 Å². The predicted octanol–water partition coefficient (Wildman–Crippen LogP) is 3.68. The summed E-state index contributed by atoms with van der Waals surface area (Å²) >= 11 is 0. The lowest BCUT2D eigenvalue weighted by Crippen LogP contribution is -2.46. The van der Waals surface area contributed by atoms with Crippen LogP contribution < -0.4 is 4.90 Å². The van der Waals surface area contributed by atoms with Gasteiger partial charge in [-0.2, -0.15) is 10.4 Å². The fraction of sp³-hybridized carbons (Fsp3) is 0.304. The molecule has 142 valence electrons. The lowest BCUT2D eigenvalue weighted by molar-refractivity contribution is 0.249. The molecule has 5 heteroatoms. The molecule has 1 aromatic heterocycles. The summed E-state index contributed by atoms with van der Waals surface area (Å²) in [7, 11) is 0. The van der Waals surface area contributed by atoms with Crippen molar-refractivity contribution >= 4 is 5.69 Å². The molecule has 0 radical (unpaired) electrons. The maximum atomic E-state index is 9.36. The van der Waals surface area contributed by atoms with Crippen LogP contribution in [0, 0.1) is 25.2 Å². The summed E-state index contributed by atoms with van der Waals surface area (Å²) in [6.07, 6.45) is 0. The van der Waals surface area contributed by atoms with Gasteiger partial charge in [-0.25, -0.2) is 4.68 Å². The third-order valence-electron chi connectivity index (χ3n) is 5.36. The first-order valence-corrected chi connectivity index (χ1v) is 9.73. The van der Waals surface area contributed by atoms with E-state index in [0.717, 1.165) is 61.0 Å². The number of benzene rings is 2. The highest BCUT2D eigenvalue weighted by Crippen LogP contribution is 2.23. The van der Waals surface area contributed by atoms with Crippen molar-refractivity contribution < 1.29 is 0 Å². The van der Waals surface area contributed by atoms with Crippen molar-refractivity contribution in [2.45, 2.75) is 20.4 Å². The summed E-state index contributed by atoms with van der Waals surface area (Å²) in [5.74, 6) is 0. The van der Waals surface area contributed by atoms with Crippen molar-refractivity contribution in [3.63, 3.8) is 0 Å². The summed E-state index contributed by atoms with van der Waals surface area (Å²) in [5, 5.41) is 14.0. The minimum Gasteiger partial charge on any atom is -0.368 e. The molecule has 2 heterocycles. The van der Waals surface area contributed by atoms with Gasteiger partial charge in [-0.15, -0.1) is 0 Å². The van der Waals surface area contributed by atoms with Crippen LogP contribution in [0.4, 0.5) is 5.69 Å². The zero-order valence-corrected chi connectivity index (χ0v) is 16.5. The molecule has 1 aliphatic rings. The Kier molecular flexibility index (Phi) is 5.14. The fourth-order valence-corrected chi connectivity index (χ4v) is 3.96. The van der Waals surface area contributed by atoms with Crippen LogP contribution in [-0.4, -0.2) is 40.9 Å². The molecule has 2 aromatic carbocycles. The first-order valence-electron chi connectivity index (χ1n) is 9.73. The largest absolute Gasteiger partial charge is 0.368 e. The number of aryl methyl sites for hydroxylation is 2. The van der Waals surface area contributed by atoms with E-state index in [1.165, 1.54) is 5.56 Å². The molecule has 1 fully saturated rings. The Morgan fingerprint density at radius 2 is 1.61 bits per heavy atom. The highest BCUT2D eigenvalue weighted by atomic mass is 15.3. The average molecular weight is 371 g/mol. The van der Waals surface area contributed by atoms with Gasteiger partial charge >= 0.3 is 0 Å².